The van der Waals surface area contributed by atoms with Gasteiger partial charge in [0.15, 0.2) is 0 Å². The molecule has 0 radical (unpaired) electrons. The first-order chi connectivity index (χ1) is 7.99. The molecular weight excluding hydrogens is 224 g/mol. The number of aromatic hydroxyl groups is 1. The fourth-order valence-electron chi connectivity index (χ4n) is 1.59. The van der Waals surface area contributed by atoms with Crippen molar-refractivity contribution in [2.24, 2.45) is 0 Å². The van der Waals surface area contributed by atoms with Crippen LogP contribution in [-0.2, 0) is 0 Å². The van der Waals surface area contributed by atoms with Gasteiger partial charge in [0, 0.05) is 0 Å². The Balaban J connectivity index is 2.70. The summed E-state index contributed by atoms with van der Waals surface area (Å²) in [6, 6.07) is 6.81. The van der Waals surface area contributed by atoms with Gasteiger partial charge in [0.2, 0.25) is 0 Å². The van der Waals surface area contributed by atoms with Crippen LogP contribution < -0.4 is 0 Å². The summed E-state index contributed by atoms with van der Waals surface area (Å²) < 4.78 is 0. The Labute approximate surface area is 95.5 Å². The second-order valence-corrected chi connectivity index (χ2v) is 3.54. The van der Waals surface area contributed by atoms with E-state index < -0.39 is 11.9 Å². The van der Waals surface area contributed by atoms with Crippen molar-refractivity contribution in [3.8, 4) is 5.75 Å². The van der Waals surface area contributed by atoms with Crippen LogP contribution in [0.3, 0.4) is 0 Å². The predicted octanol–water partition coefficient (Wildman–Crippen LogP) is 1.94. The molecule has 0 heterocycles. The van der Waals surface area contributed by atoms with E-state index in [0.717, 1.165) is 0 Å². The third kappa shape index (κ3) is 1.90. The van der Waals surface area contributed by atoms with Gasteiger partial charge in [-0.2, -0.15) is 0 Å². The lowest BCUT2D eigenvalue weighted by molar-refractivity contribution is 0.0684. The second-order valence-electron chi connectivity index (χ2n) is 3.54. The van der Waals surface area contributed by atoms with Crippen LogP contribution in [0, 0.1) is 0 Å². The van der Waals surface area contributed by atoms with Gasteiger partial charge in [-0.3, -0.25) is 0 Å². The highest BCUT2D eigenvalue weighted by Gasteiger charge is 2.12. The van der Waals surface area contributed by atoms with Crippen molar-refractivity contribution in [2.45, 2.75) is 0 Å². The highest BCUT2D eigenvalue weighted by atomic mass is 16.4. The van der Waals surface area contributed by atoms with Crippen LogP contribution in [0.15, 0.2) is 30.3 Å². The zero-order chi connectivity index (χ0) is 12.6. The summed E-state index contributed by atoms with van der Waals surface area (Å²) >= 11 is 0. The number of hydrogen-bond acceptors (Lipinski definition) is 3. The fraction of sp³-hybridized carbons (Fsp3) is 0. The van der Waals surface area contributed by atoms with Gasteiger partial charge < -0.3 is 15.3 Å². The van der Waals surface area contributed by atoms with E-state index in [1.807, 2.05) is 0 Å². The van der Waals surface area contributed by atoms with Gasteiger partial charge in [0.25, 0.3) is 0 Å². The van der Waals surface area contributed by atoms with Crippen molar-refractivity contribution in [3.05, 3.63) is 41.5 Å². The van der Waals surface area contributed by atoms with Crippen LogP contribution in [-0.4, -0.2) is 27.3 Å². The molecule has 2 aromatic carbocycles. The smallest absolute Gasteiger partial charge is 0.339 e. The number of carboxylic acids is 2. The molecule has 0 unspecified atom stereocenters. The summed E-state index contributed by atoms with van der Waals surface area (Å²) in [6.45, 7) is 0. The zero-order valence-corrected chi connectivity index (χ0v) is 8.54. The van der Waals surface area contributed by atoms with Gasteiger partial charge in [0.1, 0.15) is 11.3 Å². The standard InChI is InChI=1S/C12H8O5/c13-10-5-8-3-7(11(14)15)2-1-6(8)4-9(10)12(16)17/h1-5,13H,(H,14,15)(H,16,17). The maximum Gasteiger partial charge on any atom is 0.339 e. The lowest BCUT2D eigenvalue weighted by Gasteiger charge is -2.04. The molecule has 0 aliphatic carbocycles. The van der Waals surface area contributed by atoms with Gasteiger partial charge >= 0.3 is 11.9 Å². The Bertz CT molecular complexity index is 630. The Morgan fingerprint density at radius 2 is 1.59 bits per heavy atom. The average molecular weight is 232 g/mol. The Morgan fingerprint density at radius 3 is 2.18 bits per heavy atom. The molecule has 0 aliphatic heterocycles. The molecule has 0 atom stereocenters. The predicted molar refractivity (Wildman–Crippen MR) is 59.5 cm³/mol. The van der Waals surface area contributed by atoms with Crippen molar-refractivity contribution in [1.29, 1.82) is 0 Å². The monoisotopic (exact) mass is 232 g/mol. The molecule has 2 aromatic rings. The molecule has 2 rings (SSSR count). The summed E-state index contributed by atoms with van der Waals surface area (Å²) in [6.07, 6.45) is 0. The van der Waals surface area contributed by atoms with Crippen molar-refractivity contribution in [3.63, 3.8) is 0 Å². The number of benzene rings is 2. The third-order valence-electron chi connectivity index (χ3n) is 2.43. The quantitative estimate of drug-likeness (QED) is 0.735. The molecule has 0 bridgehead atoms. The minimum Gasteiger partial charge on any atom is -0.507 e. The zero-order valence-electron chi connectivity index (χ0n) is 8.54. The lowest BCUT2D eigenvalue weighted by atomic mass is 10.0. The first-order valence-electron chi connectivity index (χ1n) is 4.72. The highest BCUT2D eigenvalue weighted by molar-refractivity contribution is 6.00. The van der Waals surface area contributed by atoms with Gasteiger partial charge in [-0.15, -0.1) is 0 Å². The van der Waals surface area contributed by atoms with E-state index in [4.69, 9.17) is 10.2 Å². The molecule has 17 heavy (non-hydrogen) atoms. The van der Waals surface area contributed by atoms with E-state index in [9.17, 15) is 14.7 Å². The Morgan fingerprint density at radius 1 is 0.882 bits per heavy atom. The van der Waals surface area contributed by atoms with Crippen molar-refractivity contribution in [1.82, 2.24) is 0 Å². The van der Waals surface area contributed by atoms with Crippen LogP contribution in [0.25, 0.3) is 10.8 Å². The van der Waals surface area contributed by atoms with Crippen molar-refractivity contribution >= 4 is 22.7 Å². The van der Waals surface area contributed by atoms with Gasteiger partial charge in [-0.05, 0) is 35.0 Å². The maximum absolute atomic E-state index is 10.8. The lowest BCUT2D eigenvalue weighted by Crippen LogP contribution is -1.98. The SMILES string of the molecule is O=C(O)c1ccc2cc(C(=O)O)c(O)cc2c1. The van der Waals surface area contributed by atoms with E-state index in [0.29, 0.717) is 10.8 Å². The van der Waals surface area contributed by atoms with E-state index >= 15 is 0 Å². The van der Waals surface area contributed by atoms with Crippen molar-refractivity contribution < 1.29 is 24.9 Å². The van der Waals surface area contributed by atoms with Crippen LogP contribution in [0.5, 0.6) is 5.75 Å². The minimum atomic E-state index is -1.23. The van der Waals surface area contributed by atoms with E-state index in [1.165, 1.54) is 30.3 Å². The van der Waals surface area contributed by atoms with E-state index in [1.54, 1.807) is 0 Å². The molecule has 86 valence electrons. The molecule has 5 nitrogen and oxygen atoms in total. The van der Waals surface area contributed by atoms with E-state index in [2.05, 4.69) is 0 Å². The molecule has 0 aliphatic rings. The molecule has 0 fully saturated rings. The molecule has 5 heteroatoms. The molecule has 0 aromatic heterocycles. The molecule has 0 amide bonds. The maximum atomic E-state index is 10.8. The molecule has 0 saturated heterocycles. The summed E-state index contributed by atoms with van der Waals surface area (Å²) in [5, 5.41) is 28.1. The van der Waals surface area contributed by atoms with Crippen LogP contribution in [0.1, 0.15) is 20.7 Å². The number of phenols is 1. The van der Waals surface area contributed by atoms with Gasteiger partial charge in [0.05, 0.1) is 5.56 Å². The van der Waals surface area contributed by atoms with Gasteiger partial charge in [-0.1, -0.05) is 6.07 Å². The number of fused-ring (bicyclic) bond motifs is 1. The van der Waals surface area contributed by atoms with Crippen LogP contribution >= 0.6 is 0 Å². The second kappa shape index (κ2) is 3.79. The van der Waals surface area contributed by atoms with Crippen LogP contribution in [0.2, 0.25) is 0 Å². The minimum absolute atomic E-state index is 0.0833. The van der Waals surface area contributed by atoms with Crippen LogP contribution in [0.4, 0.5) is 0 Å². The number of aromatic carboxylic acids is 2. The Hall–Kier alpha value is -2.56. The largest absolute Gasteiger partial charge is 0.507 e. The summed E-state index contributed by atoms with van der Waals surface area (Å²) in [5.74, 6) is -2.69. The normalized spacial score (nSPS) is 10.4. The first-order valence-corrected chi connectivity index (χ1v) is 4.72. The third-order valence-corrected chi connectivity index (χ3v) is 2.43. The number of carboxylic acid groups (broad SMARTS) is 2. The summed E-state index contributed by atoms with van der Waals surface area (Å²) in [7, 11) is 0. The average Bonchev–Trinajstić information content (AvgIpc) is 2.26. The van der Waals surface area contributed by atoms with Crippen molar-refractivity contribution in [2.75, 3.05) is 0 Å². The fourth-order valence-corrected chi connectivity index (χ4v) is 1.59. The van der Waals surface area contributed by atoms with Gasteiger partial charge in [-0.25, -0.2) is 9.59 Å². The number of carbonyl (C=O) groups is 2. The Kier molecular flexibility index (Phi) is 2.44. The molecule has 0 saturated carbocycles. The van der Waals surface area contributed by atoms with E-state index in [-0.39, 0.29) is 16.9 Å². The highest BCUT2D eigenvalue weighted by Crippen LogP contribution is 2.25. The number of hydrogen-bond donors (Lipinski definition) is 3. The summed E-state index contributed by atoms with van der Waals surface area (Å²) in [4.78, 5) is 21.5. The first kappa shape index (κ1) is 10.9. The molecule has 3 N–H and O–H groups in total. The molecule has 0 spiro atoms. The topological polar surface area (TPSA) is 94.8 Å². The summed E-state index contributed by atoms with van der Waals surface area (Å²) in [5.41, 5.74) is -0.124. The number of rotatable bonds is 2. The molecular formula is C12H8O5.